The number of carbonyl (C=O) groups is 1. The van der Waals surface area contributed by atoms with Gasteiger partial charge in [0.15, 0.2) is 5.75 Å². The summed E-state index contributed by atoms with van der Waals surface area (Å²) in [7, 11) is 0. The Bertz CT molecular complexity index is 706. The van der Waals surface area contributed by atoms with Crippen LogP contribution in [-0.2, 0) is 9.53 Å². The Labute approximate surface area is 122 Å². The second kappa shape index (κ2) is 4.87. The smallest absolute Gasteiger partial charge is 0.310 e. The van der Waals surface area contributed by atoms with Crippen LogP contribution in [0.5, 0.6) is 11.5 Å². The maximum absolute atomic E-state index is 11.3. The Kier molecular flexibility index (Phi) is 3.16. The van der Waals surface area contributed by atoms with Gasteiger partial charge in [-0.2, -0.15) is 0 Å². The minimum absolute atomic E-state index is 0.00102. The molecule has 0 atom stereocenters. The van der Waals surface area contributed by atoms with Crippen LogP contribution in [0.3, 0.4) is 0 Å². The monoisotopic (exact) mass is 290 g/mol. The van der Waals surface area contributed by atoms with Gasteiger partial charge in [0.2, 0.25) is 0 Å². The first-order chi connectivity index (χ1) is 10.0. The maximum Gasteiger partial charge on any atom is 0.310 e. The third kappa shape index (κ3) is 2.37. The Morgan fingerprint density at radius 1 is 1.19 bits per heavy atom. The number of anilines is 2. The van der Waals surface area contributed by atoms with E-state index in [2.05, 4.69) is 6.58 Å². The van der Waals surface area contributed by atoms with Crippen LogP contribution >= 0.6 is 0 Å². The molecule has 0 bridgehead atoms. The molecule has 2 N–H and O–H groups in total. The van der Waals surface area contributed by atoms with Crippen molar-refractivity contribution in [3.05, 3.63) is 10.4 Å². The van der Waals surface area contributed by atoms with Gasteiger partial charge in [-0.1, -0.05) is 13.5 Å². The first-order valence-corrected chi connectivity index (χ1v) is 7.01. The van der Waals surface area contributed by atoms with Gasteiger partial charge in [-0.25, -0.2) is 0 Å². The molecule has 0 spiro atoms. The van der Waals surface area contributed by atoms with Crippen LogP contribution in [0.25, 0.3) is 12.8 Å². The average Bonchev–Trinajstić information content (AvgIpc) is 3.33. The maximum atomic E-state index is 11.3. The lowest BCUT2D eigenvalue weighted by Gasteiger charge is -2.15. The molecule has 1 aromatic carbocycles. The van der Waals surface area contributed by atoms with Crippen molar-refractivity contribution in [1.29, 1.82) is 0 Å². The lowest BCUT2D eigenvalue weighted by molar-refractivity contribution is -0.135. The van der Waals surface area contributed by atoms with Crippen LogP contribution in [0.4, 0.5) is 11.4 Å². The number of esters is 1. The SMILES string of the molecule is C=c1c(O)c(N2CC2)/c(=C\OC(=O)CC)c(O)c1N1CC1. The zero-order valence-corrected chi connectivity index (χ0v) is 11.9. The van der Waals surface area contributed by atoms with Gasteiger partial charge < -0.3 is 24.7 Å². The number of hydrogen-bond donors (Lipinski definition) is 2. The highest BCUT2D eigenvalue weighted by Crippen LogP contribution is 2.34. The quantitative estimate of drug-likeness (QED) is 0.456. The first-order valence-electron chi connectivity index (χ1n) is 7.01. The summed E-state index contributed by atoms with van der Waals surface area (Å²) >= 11 is 0. The van der Waals surface area contributed by atoms with Gasteiger partial charge in [0.25, 0.3) is 0 Å². The lowest BCUT2D eigenvalue weighted by Crippen LogP contribution is -2.21. The Morgan fingerprint density at radius 2 is 1.76 bits per heavy atom. The summed E-state index contributed by atoms with van der Waals surface area (Å²) < 4.78 is 5.03. The largest absolute Gasteiger partial charge is 0.505 e. The average molecular weight is 290 g/mol. The Morgan fingerprint density at radius 3 is 2.29 bits per heavy atom. The van der Waals surface area contributed by atoms with E-state index in [1.807, 2.05) is 9.80 Å². The molecule has 112 valence electrons. The number of phenols is 2. The molecule has 2 saturated heterocycles. The van der Waals surface area contributed by atoms with Gasteiger partial charge in [-0.15, -0.1) is 0 Å². The molecule has 6 nitrogen and oxygen atoms in total. The summed E-state index contributed by atoms with van der Waals surface area (Å²) in [5.74, 6) is -0.357. The molecule has 2 heterocycles. The Hall–Kier alpha value is -2.37. The standard InChI is InChI=1S/C15H18N2O4/c1-3-11(18)21-8-10-13(17-6-7-17)14(19)9(2)12(15(10)20)16-4-5-16/h8,19-20H,2-7H2,1H3/b10-8+. The topological polar surface area (TPSA) is 72.8 Å². The highest BCUT2D eigenvalue weighted by Gasteiger charge is 2.30. The molecular weight excluding hydrogens is 272 g/mol. The van der Waals surface area contributed by atoms with Crippen molar-refractivity contribution >= 4 is 30.2 Å². The minimum Gasteiger partial charge on any atom is -0.505 e. The molecule has 2 aliphatic heterocycles. The van der Waals surface area contributed by atoms with E-state index in [0.717, 1.165) is 26.2 Å². The molecule has 2 aliphatic rings. The van der Waals surface area contributed by atoms with Crippen molar-refractivity contribution in [3.8, 4) is 11.5 Å². The third-order valence-electron chi connectivity index (χ3n) is 3.65. The van der Waals surface area contributed by atoms with E-state index >= 15 is 0 Å². The molecule has 0 unspecified atom stereocenters. The number of benzene rings is 1. The summed E-state index contributed by atoms with van der Waals surface area (Å²) in [6.45, 7) is 8.76. The van der Waals surface area contributed by atoms with E-state index < -0.39 is 5.97 Å². The first kappa shape index (κ1) is 13.6. The number of nitrogens with zero attached hydrogens (tertiary/aromatic N) is 2. The predicted octanol–water partition coefficient (Wildman–Crippen LogP) is -0.161. The number of carbonyl (C=O) groups excluding carboxylic acids is 1. The van der Waals surface area contributed by atoms with E-state index in [1.54, 1.807) is 6.92 Å². The summed E-state index contributed by atoms with van der Waals surface area (Å²) in [5, 5.41) is 21.6. The van der Waals surface area contributed by atoms with E-state index in [9.17, 15) is 15.0 Å². The Balaban J connectivity index is 2.19. The van der Waals surface area contributed by atoms with Crippen LogP contribution < -0.4 is 20.2 Å². The molecule has 21 heavy (non-hydrogen) atoms. The van der Waals surface area contributed by atoms with Crippen molar-refractivity contribution in [2.75, 3.05) is 36.0 Å². The van der Waals surface area contributed by atoms with Crippen LogP contribution in [0.15, 0.2) is 0 Å². The highest BCUT2D eigenvalue weighted by molar-refractivity contribution is 5.78. The summed E-state index contributed by atoms with van der Waals surface area (Å²) in [4.78, 5) is 15.1. The normalized spacial score (nSPS) is 17.1. The third-order valence-corrected chi connectivity index (χ3v) is 3.65. The summed E-state index contributed by atoms with van der Waals surface area (Å²) in [6, 6.07) is 0. The predicted molar refractivity (Wildman–Crippen MR) is 79.8 cm³/mol. The fourth-order valence-electron chi connectivity index (χ4n) is 2.29. The van der Waals surface area contributed by atoms with Gasteiger partial charge in [-0.3, -0.25) is 4.79 Å². The summed E-state index contributed by atoms with van der Waals surface area (Å²) in [5.41, 5.74) is 0.990. The highest BCUT2D eigenvalue weighted by atomic mass is 16.5. The number of aromatic hydroxyl groups is 2. The number of rotatable bonds is 4. The molecule has 2 fully saturated rings. The van der Waals surface area contributed by atoms with Crippen molar-refractivity contribution in [3.63, 3.8) is 0 Å². The fourth-order valence-corrected chi connectivity index (χ4v) is 2.29. The minimum atomic E-state index is -0.391. The molecule has 0 radical (unpaired) electrons. The van der Waals surface area contributed by atoms with E-state index in [-0.39, 0.29) is 17.9 Å². The van der Waals surface area contributed by atoms with Crippen LogP contribution in [0.1, 0.15) is 13.3 Å². The molecule has 0 amide bonds. The zero-order chi connectivity index (χ0) is 15.1. The van der Waals surface area contributed by atoms with Crippen molar-refractivity contribution < 1.29 is 19.7 Å². The summed E-state index contributed by atoms with van der Waals surface area (Å²) in [6.07, 6.45) is 1.47. The van der Waals surface area contributed by atoms with Gasteiger partial charge in [0.05, 0.1) is 16.6 Å². The van der Waals surface area contributed by atoms with Crippen molar-refractivity contribution in [2.45, 2.75) is 13.3 Å². The molecule has 0 aromatic heterocycles. The van der Waals surface area contributed by atoms with Gasteiger partial charge in [0, 0.05) is 37.8 Å². The van der Waals surface area contributed by atoms with Gasteiger partial charge in [0.1, 0.15) is 12.0 Å². The molecule has 1 aromatic rings. The molecule has 6 heteroatoms. The number of ether oxygens (including phenoxy) is 1. The number of hydrogen-bond acceptors (Lipinski definition) is 6. The van der Waals surface area contributed by atoms with Crippen LogP contribution in [0, 0.1) is 0 Å². The van der Waals surface area contributed by atoms with Crippen molar-refractivity contribution in [1.82, 2.24) is 0 Å². The zero-order valence-electron chi connectivity index (χ0n) is 11.9. The van der Waals surface area contributed by atoms with Gasteiger partial charge >= 0.3 is 5.97 Å². The van der Waals surface area contributed by atoms with Crippen molar-refractivity contribution in [2.24, 2.45) is 0 Å². The second-order valence-electron chi connectivity index (χ2n) is 5.22. The number of phenolic OH excluding ortho intramolecular Hbond substituents is 2. The lowest BCUT2D eigenvalue weighted by atomic mass is 10.1. The van der Waals surface area contributed by atoms with E-state index in [0.29, 0.717) is 21.8 Å². The molecule has 3 rings (SSSR count). The molecular formula is C15H18N2O4. The van der Waals surface area contributed by atoms with Gasteiger partial charge in [-0.05, 0) is 0 Å². The molecule has 0 saturated carbocycles. The van der Waals surface area contributed by atoms with Crippen LogP contribution in [-0.4, -0.2) is 42.4 Å². The molecule has 0 aliphatic carbocycles. The fraction of sp³-hybridized carbons (Fsp3) is 0.400. The van der Waals surface area contributed by atoms with E-state index in [4.69, 9.17) is 4.74 Å². The van der Waals surface area contributed by atoms with E-state index in [1.165, 1.54) is 6.26 Å². The second-order valence-corrected chi connectivity index (χ2v) is 5.22. The van der Waals surface area contributed by atoms with Crippen LogP contribution in [0.2, 0.25) is 0 Å².